The summed E-state index contributed by atoms with van der Waals surface area (Å²) in [5.74, 6) is 0. The number of piperazine rings is 1. The van der Waals surface area contributed by atoms with Crippen molar-refractivity contribution in [2.75, 3.05) is 36.8 Å². The molecule has 0 saturated carbocycles. The molecule has 4 aromatic rings. The van der Waals surface area contributed by atoms with Gasteiger partial charge in [-0.15, -0.1) is 0 Å². The van der Waals surface area contributed by atoms with E-state index in [1.54, 1.807) is 6.20 Å². The highest BCUT2D eigenvalue weighted by Gasteiger charge is 2.21. The molecule has 2 aromatic heterocycles. The summed E-state index contributed by atoms with van der Waals surface area (Å²) in [4.78, 5) is 7.04. The molecule has 0 spiro atoms. The van der Waals surface area contributed by atoms with Gasteiger partial charge in [0.15, 0.2) is 0 Å². The van der Waals surface area contributed by atoms with Gasteiger partial charge in [-0.2, -0.15) is 0 Å². The van der Waals surface area contributed by atoms with Gasteiger partial charge in [0.2, 0.25) is 0 Å². The molecule has 6 heteroatoms. The van der Waals surface area contributed by atoms with Crippen molar-refractivity contribution in [1.29, 1.82) is 0 Å². The summed E-state index contributed by atoms with van der Waals surface area (Å²) >= 11 is 6.65. The van der Waals surface area contributed by atoms with Crippen molar-refractivity contribution in [3.63, 3.8) is 0 Å². The van der Waals surface area contributed by atoms with E-state index < -0.39 is 0 Å². The highest BCUT2D eigenvalue weighted by Crippen LogP contribution is 2.42. The van der Waals surface area contributed by atoms with E-state index in [2.05, 4.69) is 44.0 Å². The summed E-state index contributed by atoms with van der Waals surface area (Å²) in [5, 5.41) is 5.07. The van der Waals surface area contributed by atoms with E-state index in [0.29, 0.717) is 5.02 Å². The maximum absolute atomic E-state index is 6.65. The smallest absolute Gasteiger partial charge is 0.142 e. The lowest BCUT2D eigenvalue weighted by Gasteiger charge is -2.29. The molecule has 3 heterocycles. The second-order valence-corrected chi connectivity index (χ2v) is 8.09. The highest BCUT2D eigenvalue weighted by molar-refractivity contribution is 6.37. The van der Waals surface area contributed by atoms with E-state index in [9.17, 15) is 0 Å². The first-order chi connectivity index (χ1) is 14.6. The lowest BCUT2D eigenvalue weighted by molar-refractivity contribution is 0.589. The maximum atomic E-state index is 6.65. The standard InChI is InChI=1S/C24H24ClN5/c1-29-23(17-4-8-19(9-5-17)30-14-12-27-13-15-30)21(16-2-6-18(26)7-3-16)22-20(25)10-11-28-24(22)29/h2-11,27H,12-15,26H2,1H3. The first-order valence-corrected chi connectivity index (χ1v) is 10.6. The van der Waals surface area contributed by atoms with Crippen LogP contribution in [0.15, 0.2) is 60.8 Å². The number of anilines is 2. The molecule has 3 N–H and O–H groups in total. The van der Waals surface area contributed by atoms with Crippen LogP contribution in [0.4, 0.5) is 11.4 Å². The molecule has 0 amide bonds. The molecular weight excluding hydrogens is 394 g/mol. The summed E-state index contributed by atoms with van der Waals surface area (Å²) < 4.78 is 2.13. The van der Waals surface area contributed by atoms with Gasteiger partial charge in [-0.05, 0) is 41.5 Å². The van der Waals surface area contributed by atoms with Gasteiger partial charge < -0.3 is 20.5 Å². The van der Waals surface area contributed by atoms with Crippen molar-refractivity contribution in [1.82, 2.24) is 14.9 Å². The average molecular weight is 418 g/mol. The average Bonchev–Trinajstić information content (AvgIpc) is 3.09. The van der Waals surface area contributed by atoms with Crippen LogP contribution in [0.3, 0.4) is 0 Å². The Hall–Kier alpha value is -3.02. The van der Waals surface area contributed by atoms with Gasteiger partial charge in [-0.25, -0.2) is 4.98 Å². The number of benzene rings is 2. The number of nitrogens with zero attached hydrogens (tertiary/aromatic N) is 3. The number of hydrogen-bond acceptors (Lipinski definition) is 4. The Morgan fingerprint density at radius 1 is 0.933 bits per heavy atom. The number of aromatic nitrogens is 2. The Balaban J connectivity index is 1.68. The molecule has 0 atom stereocenters. The fourth-order valence-corrected chi connectivity index (χ4v) is 4.56. The van der Waals surface area contributed by atoms with Gasteiger partial charge >= 0.3 is 0 Å². The molecule has 0 radical (unpaired) electrons. The quantitative estimate of drug-likeness (QED) is 0.480. The SMILES string of the molecule is Cn1c(-c2ccc(N3CCNCC3)cc2)c(-c2ccc(N)cc2)c2c(Cl)ccnc21. The Morgan fingerprint density at radius 2 is 1.60 bits per heavy atom. The van der Waals surface area contributed by atoms with Crippen LogP contribution in [-0.4, -0.2) is 35.7 Å². The maximum Gasteiger partial charge on any atom is 0.142 e. The number of halogens is 1. The molecule has 1 fully saturated rings. The Kier molecular flexibility index (Phi) is 4.85. The van der Waals surface area contributed by atoms with Crippen LogP contribution in [-0.2, 0) is 7.05 Å². The third kappa shape index (κ3) is 3.20. The number of fused-ring (bicyclic) bond motifs is 1. The monoisotopic (exact) mass is 417 g/mol. The molecule has 1 aliphatic heterocycles. The summed E-state index contributed by atoms with van der Waals surface area (Å²) in [6, 6.07) is 18.6. The molecule has 30 heavy (non-hydrogen) atoms. The molecule has 0 bridgehead atoms. The highest BCUT2D eigenvalue weighted by atomic mass is 35.5. The van der Waals surface area contributed by atoms with Crippen LogP contribution in [0.1, 0.15) is 0 Å². The summed E-state index contributed by atoms with van der Waals surface area (Å²) in [6.07, 6.45) is 1.76. The largest absolute Gasteiger partial charge is 0.399 e. The predicted octanol–water partition coefficient (Wildman–Crippen LogP) is 4.55. The first kappa shape index (κ1) is 19.0. The van der Waals surface area contributed by atoms with E-state index >= 15 is 0 Å². The fourth-order valence-electron chi connectivity index (χ4n) is 4.33. The molecule has 5 nitrogen and oxygen atoms in total. The first-order valence-electron chi connectivity index (χ1n) is 10.2. The topological polar surface area (TPSA) is 59.1 Å². The second kappa shape index (κ2) is 7.67. The zero-order valence-corrected chi connectivity index (χ0v) is 17.7. The van der Waals surface area contributed by atoms with Gasteiger partial charge in [0.05, 0.1) is 10.7 Å². The van der Waals surface area contributed by atoms with E-state index in [1.165, 1.54) is 5.69 Å². The lowest BCUT2D eigenvalue weighted by atomic mass is 9.98. The van der Waals surface area contributed by atoms with Crippen LogP contribution in [0.2, 0.25) is 5.02 Å². The molecule has 2 aromatic carbocycles. The lowest BCUT2D eigenvalue weighted by Crippen LogP contribution is -2.43. The minimum Gasteiger partial charge on any atom is -0.399 e. The number of nitrogens with two attached hydrogens (primary N) is 1. The summed E-state index contributed by atoms with van der Waals surface area (Å²) in [5.41, 5.74) is 13.2. The van der Waals surface area contributed by atoms with E-state index in [4.69, 9.17) is 17.3 Å². The van der Waals surface area contributed by atoms with Gasteiger partial charge in [-0.1, -0.05) is 35.9 Å². The van der Waals surface area contributed by atoms with E-state index in [-0.39, 0.29) is 0 Å². The molecule has 152 valence electrons. The van der Waals surface area contributed by atoms with Crippen molar-refractivity contribution in [3.8, 4) is 22.4 Å². The van der Waals surface area contributed by atoms with Crippen molar-refractivity contribution >= 4 is 34.0 Å². The number of nitrogen functional groups attached to an aromatic ring is 1. The predicted molar refractivity (Wildman–Crippen MR) is 126 cm³/mol. The third-order valence-electron chi connectivity index (χ3n) is 5.84. The van der Waals surface area contributed by atoms with Gasteiger partial charge in [0.1, 0.15) is 5.65 Å². The number of aryl methyl sites for hydroxylation is 1. The molecule has 0 unspecified atom stereocenters. The number of hydrogen-bond donors (Lipinski definition) is 2. The minimum absolute atomic E-state index is 0.700. The normalized spacial score (nSPS) is 14.4. The van der Waals surface area contributed by atoms with Crippen molar-refractivity contribution < 1.29 is 0 Å². The van der Waals surface area contributed by atoms with E-state index in [0.717, 1.165) is 65.3 Å². The van der Waals surface area contributed by atoms with Crippen molar-refractivity contribution in [2.45, 2.75) is 0 Å². The minimum atomic E-state index is 0.700. The van der Waals surface area contributed by atoms with Gasteiger partial charge in [0.25, 0.3) is 0 Å². The number of pyridine rings is 1. The third-order valence-corrected chi connectivity index (χ3v) is 6.16. The molecule has 5 rings (SSSR count). The van der Waals surface area contributed by atoms with Crippen LogP contribution in [0, 0.1) is 0 Å². The van der Waals surface area contributed by atoms with Gasteiger partial charge in [0, 0.05) is 61.7 Å². The number of rotatable bonds is 3. The Labute approximate surface area is 181 Å². The zero-order chi connectivity index (χ0) is 20.7. The van der Waals surface area contributed by atoms with Crippen molar-refractivity contribution in [3.05, 3.63) is 65.8 Å². The molecule has 1 aliphatic rings. The summed E-state index contributed by atoms with van der Waals surface area (Å²) in [7, 11) is 2.05. The Morgan fingerprint density at radius 3 is 2.30 bits per heavy atom. The molecule has 1 saturated heterocycles. The van der Waals surface area contributed by atoms with Gasteiger partial charge in [-0.3, -0.25) is 0 Å². The van der Waals surface area contributed by atoms with Crippen LogP contribution in [0.5, 0.6) is 0 Å². The number of nitrogens with one attached hydrogen (secondary N) is 1. The molecule has 0 aliphatic carbocycles. The second-order valence-electron chi connectivity index (χ2n) is 7.68. The van der Waals surface area contributed by atoms with Crippen LogP contribution >= 0.6 is 11.6 Å². The fraction of sp³-hybridized carbons (Fsp3) is 0.208. The zero-order valence-electron chi connectivity index (χ0n) is 16.9. The Bertz CT molecular complexity index is 1190. The van der Waals surface area contributed by atoms with Crippen LogP contribution in [0.25, 0.3) is 33.4 Å². The molecular formula is C24H24ClN5. The van der Waals surface area contributed by atoms with Crippen molar-refractivity contribution in [2.24, 2.45) is 7.05 Å². The summed E-state index contributed by atoms with van der Waals surface area (Å²) in [6.45, 7) is 4.11. The van der Waals surface area contributed by atoms with E-state index in [1.807, 2.05) is 37.4 Å². The van der Waals surface area contributed by atoms with Crippen LogP contribution < -0.4 is 16.0 Å².